The zero-order chi connectivity index (χ0) is 13.9. The lowest BCUT2D eigenvalue weighted by molar-refractivity contribution is -0.145. The zero-order valence-corrected chi connectivity index (χ0v) is 12.2. The normalized spacial score (nSPS) is 17.0. The highest BCUT2D eigenvalue weighted by Crippen LogP contribution is 2.34. The van der Waals surface area contributed by atoms with Gasteiger partial charge in [0.25, 0.3) is 0 Å². The van der Waals surface area contributed by atoms with Crippen LogP contribution in [-0.4, -0.2) is 41.8 Å². The van der Waals surface area contributed by atoms with Crippen molar-refractivity contribution in [1.29, 1.82) is 0 Å². The molecule has 1 saturated heterocycles. The summed E-state index contributed by atoms with van der Waals surface area (Å²) in [7, 11) is 0. The summed E-state index contributed by atoms with van der Waals surface area (Å²) in [6, 6.07) is 0. The van der Waals surface area contributed by atoms with E-state index in [0.717, 1.165) is 11.5 Å². The molecule has 1 N–H and O–H groups in total. The van der Waals surface area contributed by atoms with Crippen molar-refractivity contribution in [2.75, 3.05) is 24.7 Å². The Kier molecular flexibility index (Phi) is 8.66. The van der Waals surface area contributed by atoms with Gasteiger partial charge in [0.05, 0.1) is 6.61 Å². The van der Waals surface area contributed by atoms with E-state index in [1.54, 1.807) is 0 Å². The molecule has 0 aromatic heterocycles. The lowest BCUT2D eigenvalue weighted by Crippen LogP contribution is -2.11. The molecule has 0 aromatic rings. The molecule has 5 nitrogen and oxygen atoms in total. The van der Waals surface area contributed by atoms with Gasteiger partial charge in [-0.15, -0.1) is 11.2 Å². The number of thiol groups is 1. The SMILES string of the molecule is O=C(CCCCC(=O)O[SH]1CCCCC1)OCCO. The molecule has 0 amide bonds. The number of rotatable bonds is 8. The molecule has 112 valence electrons. The predicted molar refractivity (Wildman–Crippen MR) is 75.2 cm³/mol. The quantitative estimate of drug-likeness (QED) is 0.405. The van der Waals surface area contributed by atoms with Crippen LogP contribution in [0.25, 0.3) is 0 Å². The van der Waals surface area contributed by atoms with Crippen molar-refractivity contribution in [3.05, 3.63) is 0 Å². The van der Waals surface area contributed by atoms with Gasteiger partial charge in [-0.1, -0.05) is 6.42 Å². The van der Waals surface area contributed by atoms with Crippen LogP contribution in [0, 0.1) is 0 Å². The number of hydrogen-bond donors (Lipinski definition) is 2. The second kappa shape index (κ2) is 10.1. The smallest absolute Gasteiger partial charge is 0.315 e. The summed E-state index contributed by atoms with van der Waals surface area (Å²) in [6.45, 7) is -0.104. The van der Waals surface area contributed by atoms with Crippen LogP contribution < -0.4 is 0 Å². The second-order valence-corrected chi connectivity index (χ2v) is 6.64. The lowest BCUT2D eigenvalue weighted by Gasteiger charge is -2.25. The fourth-order valence-electron chi connectivity index (χ4n) is 1.92. The number of carbonyl (C=O) groups excluding carboxylic acids is 2. The molecule has 0 spiro atoms. The monoisotopic (exact) mass is 292 g/mol. The molecule has 1 heterocycles. The third-order valence-electron chi connectivity index (χ3n) is 2.91. The summed E-state index contributed by atoms with van der Waals surface area (Å²) in [5.74, 6) is 1.65. The van der Waals surface area contributed by atoms with E-state index in [9.17, 15) is 9.59 Å². The van der Waals surface area contributed by atoms with Gasteiger partial charge in [0.1, 0.15) is 6.61 Å². The minimum atomic E-state index is -0.521. The first-order valence-electron chi connectivity index (χ1n) is 6.94. The van der Waals surface area contributed by atoms with Gasteiger partial charge in [-0.25, -0.2) is 0 Å². The fourth-order valence-corrected chi connectivity index (χ4v) is 3.85. The van der Waals surface area contributed by atoms with E-state index in [0.29, 0.717) is 25.7 Å². The summed E-state index contributed by atoms with van der Waals surface area (Å²) in [5.41, 5.74) is 0. The predicted octanol–water partition coefficient (Wildman–Crippen LogP) is 1.73. The van der Waals surface area contributed by atoms with E-state index in [2.05, 4.69) is 0 Å². The highest BCUT2D eigenvalue weighted by molar-refractivity contribution is 8.13. The molecule has 0 unspecified atom stereocenters. The summed E-state index contributed by atoms with van der Waals surface area (Å²) in [5, 5.41) is 8.48. The number of unbranched alkanes of at least 4 members (excludes halogenated alkanes) is 1. The maximum absolute atomic E-state index is 11.6. The summed E-state index contributed by atoms with van der Waals surface area (Å²) < 4.78 is 10.2. The van der Waals surface area contributed by atoms with Crippen LogP contribution in [0.5, 0.6) is 0 Å². The Morgan fingerprint density at radius 1 is 1.00 bits per heavy atom. The van der Waals surface area contributed by atoms with Crippen LogP contribution >= 0.6 is 11.2 Å². The highest BCUT2D eigenvalue weighted by Gasteiger charge is 2.14. The largest absolute Gasteiger partial charge is 0.463 e. The lowest BCUT2D eigenvalue weighted by atomic mass is 10.2. The third-order valence-corrected chi connectivity index (χ3v) is 5.00. The van der Waals surface area contributed by atoms with Gasteiger partial charge >= 0.3 is 11.9 Å². The minimum Gasteiger partial charge on any atom is -0.463 e. The Bertz CT molecular complexity index is 276. The topological polar surface area (TPSA) is 72.8 Å². The Morgan fingerprint density at radius 2 is 1.63 bits per heavy atom. The maximum atomic E-state index is 11.6. The number of aliphatic hydroxyl groups excluding tert-OH is 1. The van der Waals surface area contributed by atoms with Crippen molar-refractivity contribution in [2.45, 2.75) is 44.9 Å². The number of ether oxygens (including phenoxy) is 1. The Morgan fingerprint density at radius 3 is 2.26 bits per heavy atom. The molecule has 1 aliphatic rings. The van der Waals surface area contributed by atoms with Crippen molar-refractivity contribution >= 4 is 23.1 Å². The van der Waals surface area contributed by atoms with Crippen LogP contribution in [0.3, 0.4) is 0 Å². The van der Waals surface area contributed by atoms with E-state index >= 15 is 0 Å². The molecule has 0 saturated carbocycles. The molecule has 0 radical (unpaired) electrons. The molecule has 1 aliphatic heterocycles. The van der Waals surface area contributed by atoms with Crippen LogP contribution in [0.15, 0.2) is 0 Å². The van der Waals surface area contributed by atoms with Crippen LogP contribution in [0.1, 0.15) is 44.9 Å². The Hall–Kier alpha value is -0.750. The van der Waals surface area contributed by atoms with Crippen molar-refractivity contribution in [2.24, 2.45) is 0 Å². The van der Waals surface area contributed by atoms with Gasteiger partial charge < -0.3 is 14.0 Å². The third kappa shape index (κ3) is 8.10. The van der Waals surface area contributed by atoms with Crippen molar-refractivity contribution in [1.82, 2.24) is 0 Å². The first kappa shape index (κ1) is 16.3. The Balaban J connectivity index is 1.99. The molecule has 0 aromatic carbocycles. The fraction of sp³-hybridized carbons (Fsp3) is 0.846. The number of hydrogen-bond acceptors (Lipinski definition) is 5. The maximum Gasteiger partial charge on any atom is 0.315 e. The van der Waals surface area contributed by atoms with Gasteiger partial charge in [-0.2, -0.15) is 0 Å². The van der Waals surface area contributed by atoms with E-state index in [1.807, 2.05) is 0 Å². The average molecular weight is 292 g/mol. The van der Waals surface area contributed by atoms with Crippen LogP contribution in [0.2, 0.25) is 0 Å². The molecule has 1 fully saturated rings. The molecule has 19 heavy (non-hydrogen) atoms. The minimum absolute atomic E-state index is 0.0468. The molecule has 0 aliphatic carbocycles. The molecule has 0 atom stereocenters. The van der Waals surface area contributed by atoms with Gasteiger partial charge in [0.15, 0.2) is 0 Å². The summed E-state index contributed by atoms with van der Waals surface area (Å²) >= 11 is -0.521. The van der Waals surface area contributed by atoms with Gasteiger partial charge in [-0.3, -0.25) is 9.59 Å². The average Bonchev–Trinajstić information content (AvgIpc) is 2.42. The van der Waals surface area contributed by atoms with Crippen molar-refractivity contribution < 1.29 is 23.6 Å². The standard InChI is InChI=1S/C13H24O5S/c14-8-9-17-12(15)6-2-3-7-13(16)18-19-10-4-1-5-11-19/h14,19H,1-11H2. The number of carbonyl (C=O) groups is 2. The molecular weight excluding hydrogens is 268 g/mol. The first-order chi connectivity index (χ1) is 9.22. The summed E-state index contributed by atoms with van der Waals surface area (Å²) in [4.78, 5) is 22.7. The molecular formula is C13H24O5S. The van der Waals surface area contributed by atoms with E-state index in [-0.39, 0.29) is 25.2 Å². The van der Waals surface area contributed by atoms with E-state index in [1.165, 1.54) is 19.3 Å². The Labute approximate surface area is 117 Å². The van der Waals surface area contributed by atoms with Gasteiger partial charge in [-0.05, 0) is 25.7 Å². The summed E-state index contributed by atoms with van der Waals surface area (Å²) in [6.07, 6.45) is 5.55. The van der Waals surface area contributed by atoms with Gasteiger partial charge in [0, 0.05) is 24.3 Å². The molecule has 1 rings (SSSR count). The first-order valence-corrected chi connectivity index (χ1v) is 8.57. The number of aliphatic hydroxyl groups is 1. The van der Waals surface area contributed by atoms with Gasteiger partial charge in [0.2, 0.25) is 0 Å². The molecule has 0 bridgehead atoms. The van der Waals surface area contributed by atoms with Crippen LogP contribution in [-0.2, 0) is 18.5 Å². The number of esters is 1. The van der Waals surface area contributed by atoms with E-state index < -0.39 is 11.2 Å². The highest BCUT2D eigenvalue weighted by atomic mass is 32.2. The van der Waals surface area contributed by atoms with Crippen molar-refractivity contribution in [3.8, 4) is 0 Å². The van der Waals surface area contributed by atoms with Crippen LogP contribution in [0.4, 0.5) is 0 Å². The van der Waals surface area contributed by atoms with Crippen molar-refractivity contribution in [3.63, 3.8) is 0 Å². The van der Waals surface area contributed by atoms with E-state index in [4.69, 9.17) is 14.0 Å². The molecule has 6 heteroatoms. The zero-order valence-electron chi connectivity index (χ0n) is 11.3. The second-order valence-electron chi connectivity index (χ2n) is 4.60.